The number of aliphatic hydroxyl groups is 1. The van der Waals surface area contributed by atoms with E-state index < -0.39 is 5.60 Å². The number of fused-ring (bicyclic) bond motifs is 1. The van der Waals surface area contributed by atoms with Crippen LogP contribution in [0.4, 0.5) is 0 Å². The van der Waals surface area contributed by atoms with Gasteiger partial charge in [0.25, 0.3) is 5.91 Å². The van der Waals surface area contributed by atoms with Crippen molar-refractivity contribution in [3.05, 3.63) is 58.6 Å². The van der Waals surface area contributed by atoms with Crippen molar-refractivity contribution in [2.45, 2.75) is 12.5 Å². The lowest BCUT2D eigenvalue weighted by Crippen LogP contribution is -2.38. The van der Waals surface area contributed by atoms with Crippen LogP contribution in [0, 0.1) is 0 Å². The third-order valence-electron chi connectivity index (χ3n) is 3.71. The van der Waals surface area contributed by atoms with E-state index in [1.54, 1.807) is 49.4 Å². The number of benzene rings is 2. The third-order valence-corrected chi connectivity index (χ3v) is 4.04. The number of ether oxygens (including phenoxy) is 2. The molecule has 2 aromatic carbocycles. The summed E-state index contributed by atoms with van der Waals surface area (Å²) in [6.07, 6.45) is 0. The summed E-state index contributed by atoms with van der Waals surface area (Å²) in [6.45, 7) is 1.83. The SMILES string of the molecule is CC(O)(CNC(=O)c1ccccc1Cl)c1ccc2c(c1)OCO2. The lowest BCUT2D eigenvalue weighted by atomic mass is 9.95. The highest BCUT2D eigenvalue weighted by molar-refractivity contribution is 6.33. The van der Waals surface area contributed by atoms with Gasteiger partial charge in [-0.15, -0.1) is 0 Å². The molecule has 1 aliphatic heterocycles. The van der Waals surface area contributed by atoms with E-state index in [2.05, 4.69) is 5.32 Å². The first-order valence-corrected chi connectivity index (χ1v) is 7.50. The van der Waals surface area contributed by atoms with Gasteiger partial charge < -0.3 is 19.9 Å². The predicted molar refractivity (Wildman–Crippen MR) is 85.9 cm³/mol. The molecule has 0 aromatic heterocycles. The number of carbonyl (C=O) groups is 1. The molecule has 2 aromatic rings. The zero-order valence-corrected chi connectivity index (χ0v) is 13.3. The number of amides is 1. The monoisotopic (exact) mass is 333 g/mol. The molecule has 5 nitrogen and oxygen atoms in total. The molecule has 0 saturated carbocycles. The number of nitrogens with one attached hydrogen (secondary N) is 1. The van der Waals surface area contributed by atoms with Crippen LogP contribution >= 0.6 is 11.6 Å². The van der Waals surface area contributed by atoms with E-state index in [0.29, 0.717) is 27.6 Å². The van der Waals surface area contributed by atoms with E-state index in [9.17, 15) is 9.90 Å². The molecule has 1 aliphatic rings. The van der Waals surface area contributed by atoms with Crippen molar-refractivity contribution >= 4 is 17.5 Å². The minimum atomic E-state index is -1.25. The quantitative estimate of drug-likeness (QED) is 0.902. The van der Waals surface area contributed by atoms with Gasteiger partial charge in [-0.3, -0.25) is 4.79 Å². The maximum absolute atomic E-state index is 12.2. The van der Waals surface area contributed by atoms with Crippen molar-refractivity contribution < 1.29 is 19.4 Å². The summed E-state index contributed by atoms with van der Waals surface area (Å²) >= 11 is 6.00. The van der Waals surface area contributed by atoms with Gasteiger partial charge >= 0.3 is 0 Å². The summed E-state index contributed by atoms with van der Waals surface area (Å²) in [4.78, 5) is 12.2. The van der Waals surface area contributed by atoms with Crippen LogP contribution in [0.25, 0.3) is 0 Å². The summed E-state index contributed by atoms with van der Waals surface area (Å²) in [5.74, 6) is 0.890. The van der Waals surface area contributed by atoms with Crippen LogP contribution in [-0.2, 0) is 5.60 Å². The molecule has 1 atom stereocenters. The Hall–Kier alpha value is -2.24. The standard InChI is InChI=1S/C17H16ClNO4/c1-17(21,11-6-7-14-15(8-11)23-10-22-14)9-19-16(20)12-4-2-3-5-13(12)18/h2-8,21H,9-10H2,1H3,(H,19,20). The maximum atomic E-state index is 12.2. The van der Waals surface area contributed by atoms with Crippen LogP contribution in [0.2, 0.25) is 5.02 Å². The first-order valence-electron chi connectivity index (χ1n) is 7.12. The second-order valence-corrected chi connectivity index (χ2v) is 5.91. The predicted octanol–water partition coefficient (Wildman–Crippen LogP) is 2.71. The number of halogens is 1. The molecule has 6 heteroatoms. The molecule has 3 rings (SSSR count). The van der Waals surface area contributed by atoms with Gasteiger partial charge in [-0.05, 0) is 36.8 Å². The van der Waals surface area contributed by atoms with Gasteiger partial charge in [-0.25, -0.2) is 0 Å². The molecule has 0 radical (unpaired) electrons. The molecule has 23 heavy (non-hydrogen) atoms. The van der Waals surface area contributed by atoms with Crippen molar-refractivity contribution in [1.82, 2.24) is 5.32 Å². The lowest BCUT2D eigenvalue weighted by molar-refractivity contribution is 0.0525. The van der Waals surface area contributed by atoms with Crippen LogP contribution in [0.15, 0.2) is 42.5 Å². The highest BCUT2D eigenvalue weighted by Gasteiger charge is 2.27. The molecule has 1 unspecified atom stereocenters. The average molecular weight is 334 g/mol. The molecule has 120 valence electrons. The second kappa shape index (κ2) is 6.10. The van der Waals surface area contributed by atoms with Crippen LogP contribution in [0.5, 0.6) is 11.5 Å². The fraction of sp³-hybridized carbons (Fsp3) is 0.235. The summed E-state index contributed by atoms with van der Waals surface area (Å²) < 4.78 is 10.6. The zero-order chi connectivity index (χ0) is 16.4. The van der Waals surface area contributed by atoms with E-state index in [-0.39, 0.29) is 19.2 Å². The Morgan fingerprint density at radius 3 is 2.78 bits per heavy atom. The first-order chi connectivity index (χ1) is 11.0. The Morgan fingerprint density at radius 2 is 2.00 bits per heavy atom. The molecule has 0 aliphatic carbocycles. The molecule has 1 amide bonds. The van der Waals surface area contributed by atoms with Crippen LogP contribution in [0.1, 0.15) is 22.8 Å². The zero-order valence-electron chi connectivity index (χ0n) is 12.5. The van der Waals surface area contributed by atoms with Gasteiger partial charge in [0.2, 0.25) is 6.79 Å². The molecular formula is C17H16ClNO4. The molecule has 0 spiro atoms. The first kappa shape index (κ1) is 15.6. The van der Waals surface area contributed by atoms with Crippen molar-refractivity contribution in [3.8, 4) is 11.5 Å². The maximum Gasteiger partial charge on any atom is 0.252 e. The number of rotatable bonds is 4. The molecule has 1 heterocycles. The largest absolute Gasteiger partial charge is 0.454 e. The van der Waals surface area contributed by atoms with Crippen molar-refractivity contribution in [3.63, 3.8) is 0 Å². The fourth-order valence-electron chi connectivity index (χ4n) is 2.33. The highest BCUT2D eigenvalue weighted by atomic mass is 35.5. The Balaban J connectivity index is 1.71. The normalized spacial score (nSPS) is 15.1. The fourth-order valence-corrected chi connectivity index (χ4v) is 2.55. The van der Waals surface area contributed by atoms with Crippen LogP contribution in [-0.4, -0.2) is 24.4 Å². The summed E-state index contributed by atoms with van der Waals surface area (Å²) in [6, 6.07) is 12.0. The Bertz CT molecular complexity index is 745. The topological polar surface area (TPSA) is 67.8 Å². The van der Waals surface area contributed by atoms with Crippen molar-refractivity contribution in [1.29, 1.82) is 0 Å². The summed E-state index contributed by atoms with van der Waals surface area (Å²) in [5, 5.41) is 13.7. The summed E-state index contributed by atoms with van der Waals surface area (Å²) in [7, 11) is 0. The second-order valence-electron chi connectivity index (χ2n) is 5.50. The third kappa shape index (κ3) is 3.25. The van der Waals surface area contributed by atoms with Gasteiger partial charge in [0.1, 0.15) is 5.60 Å². The minimum absolute atomic E-state index is 0.0384. The van der Waals surface area contributed by atoms with E-state index in [0.717, 1.165) is 0 Å². The van der Waals surface area contributed by atoms with Crippen LogP contribution < -0.4 is 14.8 Å². The molecule has 2 N–H and O–H groups in total. The highest BCUT2D eigenvalue weighted by Crippen LogP contribution is 2.35. The van der Waals surface area contributed by atoms with E-state index in [4.69, 9.17) is 21.1 Å². The van der Waals surface area contributed by atoms with Gasteiger partial charge in [0.05, 0.1) is 17.1 Å². The van der Waals surface area contributed by atoms with Crippen molar-refractivity contribution in [2.24, 2.45) is 0 Å². The van der Waals surface area contributed by atoms with Gasteiger partial charge in [-0.2, -0.15) is 0 Å². The number of hydrogen-bond acceptors (Lipinski definition) is 4. The summed E-state index contributed by atoms with van der Waals surface area (Å²) in [5.41, 5.74) is -0.255. The Labute approximate surface area is 138 Å². The number of carbonyl (C=O) groups excluding carboxylic acids is 1. The van der Waals surface area contributed by atoms with Crippen LogP contribution in [0.3, 0.4) is 0 Å². The number of hydrogen-bond donors (Lipinski definition) is 2. The van der Waals surface area contributed by atoms with Gasteiger partial charge in [0.15, 0.2) is 11.5 Å². The Kier molecular flexibility index (Phi) is 4.15. The molecule has 0 bridgehead atoms. The average Bonchev–Trinajstić information content (AvgIpc) is 3.00. The Morgan fingerprint density at radius 1 is 1.26 bits per heavy atom. The smallest absolute Gasteiger partial charge is 0.252 e. The van der Waals surface area contributed by atoms with Crippen molar-refractivity contribution in [2.75, 3.05) is 13.3 Å². The lowest BCUT2D eigenvalue weighted by Gasteiger charge is -2.24. The van der Waals surface area contributed by atoms with E-state index in [1.165, 1.54) is 0 Å². The molecule has 0 fully saturated rings. The minimum Gasteiger partial charge on any atom is -0.454 e. The van der Waals surface area contributed by atoms with E-state index in [1.807, 2.05) is 0 Å². The van der Waals surface area contributed by atoms with Gasteiger partial charge in [-0.1, -0.05) is 29.8 Å². The van der Waals surface area contributed by atoms with E-state index >= 15 is 0 Å². The molecule has 0 saturated heterocycles. The van der Waals surface area contributed by atoms with Gasteiger partial charge in [0, 0.05) is 0 Å². The molecular weight excluding hydrogens is 318 g/mol.